The number of nitrogens with one attached hydrogen (secondary N) is 1. The fraction of sp³-hybridized carbons (Fsp3) is 0.931. The molecule has 0 aliphatic heterocycles. The van der Waals surface area contributed by atoms with E-state index in [1.807, 2.05) is 41.5 Å². The minimum atomic E-state index is -2.55. The highest BCUT2D eigenvalue weighted by Crippen LogP contribution is 2.18. The molecule has 10 nitrogen and oxygen atoms in total. The first-order valence-electron chi connectivity index (χ1n) is 15.5. The van der Waals surface area contributed by atoms with Gasteiger partial charge in [-0.2, -0.15) is 11.8 Å². The van der Waals surface area contributed by atoms with Gasteiger partial charge >= 0.3 is 14.8 Å². The van der Waals surface area contributed by atoms with Crippen LogP contribution in [0.25, 0.3) is 0 Å². The van der Waals surface area contributed by atoms with Crippen molar-refractivity contribution in [2.75, 3.05) is 44.5 Å². The van der Waals surface area contributed by atoms with Crippen LogP contribution in [0.3, 0.4) is 0 Å². The third-order valence-corrected chi connectivity index (χ3v) is 11.1. The number of ether oxygens (including phenoxy) is 1. The quantitative estimate of drug-likeness (QED) is 0.0527. The van der Waals surface area contributed by atoms with Crippen molar-refractivity contribution < 1.29 is 37.8 Å². The Balaban J connectivity index is 0. The maximum Gasteiger partial charge on any atom is 0.500 e. The standard InChI is InChI=1S/C15H31NO4S.C14H31NO4Si/c1-4-11(2)5-6-13(17)9-20-14(18)7-8-21-10-12(3)15(16)19;1-6-13(5)14(16)15-11-10-12-20(17-7-2,18-8-3)19-9-4/h11-13,15,17,19H,4-10,16H2,1-3H3;13H,6-12H2,1-5H3,(H,15,16). The van der Waals surface area contributed by atoms with Gasteiger partial charge in [-0.1, -0.05) is 41.0 Å². The first-order chi connectivity index (χ1) is 19.4. The van der Waals surface area contributed by atoms with Crippen molar-refractivity contribution in [1.82, 2.24) is 5.32 Å². The second-order valence-corrected chi connectivity index (χ2v) is 14.3. The van der Waals surface area contributed by atoms with Gasteiger partial charge in [0, 0.05) is 50.0 Å². The van der Waals surface area contributed by atoms with Crippen LogP contribution in [-0.4, -0.2) is 87.7 Å². The van der Waals surface area contributed by atoms with E-state index >= 15 is 0 Å². The Kier molecular flexibility index (Phi) is 27.8. The molecule has 0 aromatic carbocycles. The Morgan fingerprint density at radius 1 is 0.927 bits per heavy atom. The van der Waals surface area contributed by atoms with E-state index in [2.05, 4.69) is 19.2 Å². The number of aliphatic hydroxyl groups excluding tert-OH is 2. The van der Waals surface area contributed by atoms with Crippen LogP contribution in [-0.2, 0) is 27.6 Å². The van der Waals surface area contributed by atoms with Crippen LogP contribution in [0.5, 0.6) is 0 Å². The number of carbonyl (C=O) groups excluding carboxylic acids is 2. The van der Waals surface area contributed by atoms with Gasteiger partial charge in [-0.15, -0.1) is 0 Å². The molecule has 0 radical (unpaired) electrons. The van der Waals surface area contributed by atoms with Crippen molar-refractivity contribution >= 4 is 32.4 Å². The van der Waals surface area contributed by atoms with E-state index in [0.29, 0.717) is 56.6 Å². The predicted molar refractivity (Wildman–Crippen MR) is 169 cm³/mol. The van der Waals surface area contributed by atoms with Crippen molar-refractivity contribution in [3.8, 4) is 0 Å². The smallest absolute Gasteiger partial charge is 0.463 e. The largest absolute Gasteiger partial charge is 0.500 e. The molecule has 0 bridgehead atoms. The Labute approximate surface area is 255 Å². The summed E-state index contributed by atoms with van der Waals surface area (Å²) in [6, 6.07) is 0.739. The topological polar surface area (TPSA) is 150 Å². The molecule has 0 heterocycles. The van der Waals surface area contributed by atoms with Crippen LogP contribution in [0, 0.1) is 17.8 Å². The molecule has 0 spiro atoms. The summed E-state index contributed by atoms with van der Waals surface area (Å²) < 4.78 is 22.4. The van der Waals surface area contributed by atoms with Crippen molar-refractivity contribution in [2.24, 2.45) is 23.5 Å². The molecule has 41 heavy (non-hydrogen) atoms. The van der Waals surface area contributed by atoms with Crippen molar-refractivity contribution in [1.29, 1.82) is 0 Å². The van der Waals surface area contributed by atoms with E-state index in [9.17, 15) is 14.7 Å². The third kappa shape index (κ3) is 23.4. The first-order valence-corrected chi connectivity index (χ1v) is 18.5. The molecule has 1 amide bonds. The summed E-state index contributed by atoms with van der Waals surface area (Å²) in [4.78, 5) is 23.2. The zero-order valence-corrected chi connectivity index (χ0v) is 28.9. The lowest BCUT2D eigenvalue weighted by Gasteiger charge is -2.28. The molecule has 246 valence electrons. The van der Waals surface area contributed by atoms with Crippen molar-refractivity contribution in [3.63, 3.8) is 0 Å². The summed E-state index contributed by atoms with van der Waals surface area (Å²) in [7, 11) is -2.55. The van der Waals surface area contributed by atoms with Gasteiger partial charge in [0.2, 0.25) is 5.91 Å². The van der Waals surface area contributed by atoms with Crippen LogP contribution in [0.15, 0.2) is 0 Å². The van der Waals surface area contributed by atoms with E-state index in [1.165, 1.54) is 0 Å². The summed E-state index contributed by atoms with van der Waals surface area (Å²) in [5.74, 6) is 1.85. The maximum atomic E-state index is 11.7. The highest BCUT2D eigenvalue weighted by molar-refractivity contribution is 7.99. The molecule has 0 saturated heterocycles. The average molecular weight is 627 g/mol. The number of hydrogen-bond acceptors (Lipinski definition) is 10. The number of carbonyl (C=O) groups is 2. The Morgan fingerprint density at radius 3 is 2.00 bits per heavy atom. The Hall–Kier alpha value is -0.733. The maximum absolute atomic E-state index is 11.7. The SMILES string of the molecule is CCC(C)CCC(O)COC(=O)CCSCC(C)C(N)O.CCO[Si](CCCNC(=O)C(C)CC)(OCC)OCC. The molecule has 0 aromatic heterocycles. The molecule has 5 N–H and O–H groups in total. The van der Waals surface area contributed by atoms with E-state index in [0.717, 1.165) is 31.7 Å². The molecule has 5 unspecified atom stereocenters. The summed E-state index contributed by atoms with van der Waals surface area (Å²) in [5, 5.41) is 21.8. The number of rotatable bonds is 24. The summed E-state index contributed by atoms with van der Waals surface area (Å²) in [6.45, 7) is 18.4. The highest BCUT2D eigenvalue weighted by atomic mass is 32.2. The van der Waals surface area contributed by atoms with Crippen LogP contribution >= 0.6 is 11.8 Å². The van der Waals surface area contributed by atoms with E-state index < -0.39 is 21.1 Å². The zero-order chi connectivity index (χ0) is 31.7. The van der Waals surface area contributed by atoms with Crippen LogP contribution in [0.2, 0.25) is 6.04 Å². The molecule has 0 fully saturated rings. The second-order valence-electron chi connectivity index (χ2n) is 10.4. The van der Waals surface area contributed by atoms with Crippen LogP contribution in [0.4, 0.5) is 0 Å². The monoisotopic (exact) mass is 626 g/mol. The zero-order valence-electron chi connectivity index (χ0n) is 27.1. The number of amides is 1. The fourth-order valence-electron chi connectivity index (χ4n) is 3.43. The van der Waals surface area contributed by atoms with Gasteiger partial charge in [0.05, 0.1) is 12.5 Å². The molecule has 0 aliphatic rings. The van der Waals surface area contributed by atoms with Gasteiger partial charge in [-0.3, -0.25) is 9.59 Å². The van der Waals surface area contributed by atoms with E-state index in [1.54, 1.807) is 11.8 Å². The summed E-state index contributed by atoms with van der Waals surface area (Å²) in [6.07, 6.45) is 3.33. The van der Waals surface area contributed by atoms with Gasteiger partial charge in [0.1, 0.15) is 12.8 Å². The molecule has 0 aromatic rings. The Bertz CT molecular complexity index is 631. The molecular weight excluding hydrogens is 564 g/mol. The Morgan fingerprint density at radius 2 is 1.51 bits per heavy atom. The normalized spacial score (nSPS) is 15.2. The predicted octanol–water partition coefficient (Wildman–Crippen LogP) is 4.34. The van der Waals surface area contributed by atoms with Gasteiger partial charge in [0.25, 0.3) is 0 Å². The average Bonchev–Trinajstić information content (AvgIpc) is 2.95. The van der Waals surface area contributed by atoms with Gasteiger partial charge in [-0.25, -0.2) is 0 Å². The first kappa shape index (κ1) is 42.4. The lowest BCUT2D eigenvalue weighted by molar-refractivity contribution is -0.146. The van der Waals surface area contributed by atoms with Gasteiger partial charge < -0.3 is 39.3 Å². The lowest BCUT2D eigenvalue weighted by atomic mass is 10.0. The number of thioether (sulfide) groups is 1. The van der Waals surface area contributed by atoms with Crippen LogP contribution < -0.4 is 11.1 Å². The van der Waals surface area contributed by atoms with Gasteiger partial charge in [0.15, 0.2) is 0 Å². The van der Waals surface area contributed by atoms with Crippen molar-refractivity contribution in [3.05, 3.63) is 0 Å². The molecule has 12 heteroatoms. The summed E-state index contributed by atoms with van der Waals surface area (Å²) in [5.41, 5.74) is 5.34. The fourth-order valence-corrected chi connectivity index (χ4v) is 7.09. The molecular formula is C29H62N2O8SSi. The van der Waals surface area contributed by atoms with E-state index in [4.69, 9.17) is 28.9 Å². The van der Waals surface area contributed by atoms with Crippen molar-refractivity contribution in [2.45, 2.75) is 112 Å². The number of aliphatic hydroxyl groups is 2. The molecule has 0 saturated carbocycles. The molecule has 0 rings (SSSR count). The number of hydrogen-bond donors (Lipinski definition) is 4. The number of esters is 1. The highest BCUT2D eigenvalue weighted by Gasteiger charge is 2.39. The minimum absolute atomic E-state index is 0.00778. The molecule has 0 aliphatic carbocycles. The number of nitrogens with two attached hydrogens (primary N) is 1. The minimum Gasteiger partial charge on any atom is -0.463 e. The lowest BCUT2D eigenvalue weighted by Crippen LogP contribution is -2.46. The summed E-state index contributed by atoms with van der Waals surface area (Å²) >= 11 is 1.57. The van der Waals surface area contributed by atoms with Crippen LogP contribution in [0.1, 0.15) is 93.9 Å². The third-order valence-electron chi connectivity index (χ3n) is 6.65. The van der Waals surface area contributed by atoms with Gasteiger partial charge in [-0.05, 0) is 58.1 Å². The second kappa shape index (κ2) is 26.9. The van der Waals surface area contributed by atoms with E-state index in [-0.39, 0.29) is 30.3 Å². The molecule has 5 atom stereocenters.